The third-order valence-corrected chi connectivity index (χ3v) is 6.77. The first-order valence-corrected chi connectivity index (χ1v) is 12.3. The maximum absolute atomic E-state index is 14.0. The van der Waals surface area contributed by atoms with Gasteiger partial charge in [0.25, 0.3) is 0 Å². The van der Waals surface area contributed by atoms with Gasteiger partial charge in [-0.3, -0.25) is 9.78 Å². The standard InChI is InChI=1S/C30H25F4N3O/c1-17-9-20(31)4-6-24(17)25-3-2-8-35-30(25)28(12-18-10-22(33)14-23(34)11-18)37-29(38)13-19-16-36-27-7-5-21(32)15-26(19)27/h2-11,14-15,19,28,36H,12-13,16H2,1H3,(H,37,38)/t19?,28-/m0/s1. The summed E-state index contributed by atoms with van der Waals surface area (Å²) < 4.78 is 55.7. The molecule has 4 aromatic rings. The van der Waals surface area contributed by atoms with E-state index in [-0.39, 0.29) is 36.3 Å². The third kappa shape index (κ3) is 5.54. The van der Waals surface area contributed by atoms with Crippen molar-refractivity contribution in [2.24, 2.45) is 0 Å². The van der Waals surface area contributed by atoms with Crippen molar-refractivity contribution in [1.29, 1.82) is 0 Å². The zero-order chi connectivity index (χ0) is 26.8. The molecule has 2 atom stereocenters. The highest BCUT2D eigenvalue weighted by Crippen LogP contribution is 2.35. The second-order valence-electron chi connectivity index (χ2n) is 9.51. The fourth-order valence-corrected chi connectivity index (χ4v) is 5.07. The minimum atomic E-state index is -0.745. The van der Waals surface area contributed by atoms with Crippen LogP contribution in [-0.2, 0) is 11.2 Å². The van der Waals surface area contributed by atoms with Gasteiger partial charge in [-0.2, -0.15) is 0 Å². The summed E-state index contributed by atoms with van der Waals surface area (Å²) in [5.74, 6) is -2.76. The lowest BCUT2D eigenvalue weighted by Crippen LogP contribution is -2.32. The molecular formula is C30H25F4N3O. The first-order valence-electron chi connectivity index (χ1n) is 12.3. The van der Waals surface area contributed by atoms with Crippen molar-refractivity contribution in [3.05, 3.63) is 119 Å². The molecule has 2 heterocycles. The van der Waals surface area contributed by atoms with Crippen LogP contribution in [0.15, 0.2) is 72.9 Å². The van der Waals surface area contributed by atoms with E-state index in [4.69, 9.17) is 0 Å². The molecule has 194 valence electrons. The summed E-state index contributed by atoms with van der Waals surface area (Å²) in [5, 5.41) is 6.18. The lowest BCUT2D eigenvalue weighted by atomic mass is 9.92. The number of nitrogens with zero attached hydrogens (tertiary/aromatic N) is 1. The molecule has 0 radical (unpaired) electrons. The molecule has 2 N–H and O–H groups in total. The Morgan fingerprint density at radius 3 is 2.45 bits per heavy atom. The Kier molecular flexibility index (Phi) is 7.13. The lowest BCUT2D eigenvalue weighted by molar-refractivity contribution is -0.122. The number of carbonyl (C=O) groups is 1. The molecule has 0 spiro atoms. The number of benzene rings is 3. The summed E-state index contributed by atoms with van der Waals surface area (Å²) >= 11 is 0. The molecule has 1 amide bonds. The van der Waals surface area contributed by atoms with Crippen molar-refractivity contribution < 1.29 is 22.4 Å². The second kappa shape index (κ2) is 10.7. The molecule has 38 heavy (non-hydrogen) atoms. The Bertz CT molecular complexity index is 1490. The number of hydrogen-bond donors (Lipinski definition) is 2. The molecule has 1 aromatic heterocycles. The zero-order valence-corrected chi connectivity index (χ0v) is 20.6. The number of aromatic nitrogens is 1. The number of fused-ring (bicyclic) bond motifs is 1. The van der Waals surface area contributed by atoms with Crippen molar-refractivity contribution in [3.8, 4) is 11.1 Å². The molecule has 0 bridgehead atoms. The minimum Gasteiger partial charge on any atom is -0.384 e. The van der Waals surface area contributed by atoms with Gasteiger partial charge in [-0.15, -0.1) is 0 Å². The molecule has 0 saturated heterocycles. The van der Waals surface area contributed by atoms with E-state index in [2.05, 4.69) is 15.6 Å². The van der Waals surface area contributed by atoms with Crippen LogP contribution in [0.2, 0.25) is 0 Å². The van der Waals surface area contributed by atoms with E-state index < -0.39 is 17.7 Å². The van der Waals surface area contributed by atoms with Crippen molar-refractivity contribution in [2.75, 3.05) is 11.9 Å². The molecule has 0 aliphatic carbocycles. The number of rotatable bonds is 7. The van der Waals surface area contributed by atoms with Gasteiger partial charge in [0.05, 0.1) is 11.7 Å². The van der Waals surface area contributed by atoms with Gasteiger partial charge in [0.1, 0.15) is 23.3 Å². The van der Waals surface area contributed by atoms with Gasteiger partial charge in [-0.05, 0) is 84.1 Å². The number of nitrogens with one attached hydrogen (secondary N) is 2. The Balaban J connectivity index is 1.48. The van der Waals surface area contributed by atoms with Crippen LogP contribution in [0.1, 0.15) is 40.8 Å². The monoisotopic (exact) mass is 519 g/mol. The van der Waals surface area contributed by atoms with Gasteiger partial charge in [0.2, 0.25) is 5.91 Å². The normalized spacial score (nSPS) is 15.0. The average Bonchev–Trinajstić information content (AvgIpc) is 3.24. The van der Waals surface area contributed by atoms with Gasteiger partial charge in [0, 0.05) is 42.4 Å². The molecule has 1 unspecified atom stereocenters. The Morgan fingerprint density at radius 1 is 0.947 bits per heavy atom. The van der Waals surface area contributed by atoms with Crippen LogP contribution < -0.4 is 10.6 Å². The summed E-state index contributed by atoms with van der Waals surface area (Å²) in [6, 6.07) is 14.9. The van der Waals surface area contributed by atoms with Crippen LogP contribution in [0.5, 0.6) is 0 Å². The fourth-order valence-electron chi connectivity index (χ4n) is 5.07. The number of amides is 1. The van der Waals surface area contributed by atoms with Gasteiger partial charge >= 0.3 is 0 Å². The molecular weight excluding hydrogens is 494 g/mol. The highest BCUT2D eigenvalue weighted by molar-refractivity contribution is 5.79. The summed E-state index contributed by atoms with van der Waals surface area (Å²) in [6.45, 7) is 2.25. The van der Waals surface area contributed by atoms with Crippen molar-refractivity contribution >= 4 is 11.6 Å². The SMILES string of the molecule is Cc1cc(F)ccc1-c1cccnc1[C@H](Cc1cc(F)cc(F)c1)NC(=O)CC1CNc2ccc(F)cc21. The van der Waals surface area contributed by atoms with E-state index in [1.54, 1.807) is 31.3 Å². The quantitative estimate of drug-likeness (QED) is 0.270. The number of anilines is 1. The molecule has 1 aliphatic heterocycles. The van der Waals surface area contributed by atoms with Crippen LogP contribution in [0.25, 0.3) is 11.1 Å². The van der Waals surface area contributed by atoms with Crippen LogP contribution in [0, 0.1) is 30.2 Å². The van der Waals surface area contributed by atoms with Gasteiger partial charge in [-0.25, -0.2) is 17.6 Å². The predicted molar refractivity (Wildman–Crippen MR) is 138 cm³/mol. The molecule has 0 fully saturated rings. The summed E-state index contributed by atoms with van der Waals surface area (Å²) in [6.07, 6.45) is 1.72. The van der Waals surface area contributed by atoms with Gasteiger partial charge < -0.3 is 10.6 Å². The summed E-state index contributed by atoms with van der Waals surface area (Å²) in [7, 11) is 0. The minimum absolute atomic E-state index is 0.0683. The number of halogens is 4. The van der Waals surface area contributed by atoms with Gasteiger partial charge in [-0.1, -0.05) is 12.1 Å². The average molecular weight is 520 g/mol. The molecule has 3 aromatic carbocycles. The molecule has 0 saturated carbocycles. The lowest BCUT2D eigenvalue weighted by Gasteiger charge is -2.23. The number of pyridine rings is 1. The van der Waals surface area contributed by atoms with E-state index in [0.717, 1.165) is 22.9 Å². The van der Waals surface area contributed by atoms with Crippen LogP contribution >= 0.6 is 0 Å². The molecule has 8 heteroatoms. The first-order chi connectivity index (χ1) is 18.3. The van der Waals surface area contributed by atoms with Crippen molar-refractivity contribution in [3.63, 3.8) is 0 Å². The van der Waals surface area contributed by atoms with Crippen LogP contribution in [0.3, 0.4) is 0 Å². The summed E-state index contributed by atoms with van der Waals surface area (Å²) in [4.78, 5) is 17.8. The second-order valence-corrected chi connectivity index (χ2v) is 9.51. The van der Waals surface area contributed by atoms with E-state index in [9.17, 15) is 22.4 Å². The Labute approximate surface area is 217 Å². The maximum atomic E-state index is 14.0. The highest BCUT2D eigenvalue weighted by Gasteiger charge is 2.28. The Hall–Kier alpha value is -4.20. The third-order valence-electron chi connectivity index (χ3n) is 6.77. The topological polar surface area (TPSA) is 54.0 Å². The van der Waals surface area contributed by atoms with E-state index in [0.29, 0.717) is 28.9 Å². The van der Waals surface area contributed by atoms with E-state index >= 15 is 0 Å². The highest BCUT2D eigenvalue weighted by atomic mass is 19.1. The molecule has 5 rings (SSSR count). The summed E-state index contributed by atoms with van der Waals surface area (Å²) in [5.41, 5.74) is 4.41. The van der Waals surface area contributed by atoms with E-state index in [1.807, 2.05) is 6.07 Å². The maximum Gasteiger partial charge on any atom is 0.221 e. The number of carbonyl (C=O) groups excluding carboxylic acids is 1. The zero-order valence-electron chi connectivity index (χ0n) is 20.6. The number of aryl methyl sites for hydroxylation is 1. The number of hydrogen-bond acceptors (Lipinski definition) is 3. The smallest absolute Gasteiger partial charge is 0.221 e. The fraction of sp³-hybridized carbons (Fsp3) is 0.200. The van der Waals surface area contributed by atoms with Crippen molar-refractivity contribution in [1.82, 2.24) is 10.3 Å². The largest absolute Gasteiger partial charge is 0.384 e. The predicted octanol–water partition coefficient (Wildman–Crippen LogP) is 6.61. The molecule has 1 aliphatic rings. The first kappa shape index (κ1) is 25.4. The van der Waals surface area contributed by atoms with Crippen LogP contribution in [0.4, 0.5) is 23.2 Å². The van der Waals surface area contributed by atoms with Gasteiger partial charge in [0.15, 0.2) is 0 Å². The van der Waals surface area contributed by atoms with E-state index in [1.165, 1.54) is 36.4 Å². The van der Waals surface area contributed by atoms with Crippen LogP contribution in [-0.4, -0.2) is 17.4 Å². The molecule has 4 nitrogen and oxygen atoms in total. The Morgan fingerprint density at radius 2 is 1.68 bits per heavy atom. The van der Waals surface area contributed by atoms with Crippen molar-refractivity contribution in [2.45, 2.75) is 31.7 Å².